The van der Waals surface area contributed by atoms with E-state index >= 15 is 0 Å². The number of fused-ring (bicyclic) bond motifs is 1. The van der Waals surface area contributed by atoms with E-state index in [2.05, 4.69) is 27.4 Å². The second kappa shape index (κ2) is 4.24. The zero-order chi connectivity index (χ0) is 12.5. The summed E-state index contributed by atoms with van der Waals surface area (Å²) < 4.78 is 37.5. The average molecular weight is 254 g/mol. The third kappa shape index (κ3) is 2.33. The molecule has 0 atom stereocenters. The topological polar surface area (TPSA) is 25.2 Å². The number of hydrogen-bond acceptors (Lipinski definition) is 3. The van der Waals surface area contributed by atoms with Crippen molar-refractivity contribution in [1.82, 2.24) is 4.98 Å². The van der Waals surface area contributed by atoms with Gasteiger partial charge in [0.1, 0.15) is 0 Å². The van der Waals surface area contributed by atoms with Gasteiger partial charge in [0.25, 0.3) is 0 Å². The summed E-state index contributed by atoms with van der Waals surface area (Å²) in [4.78, 5) is 7.65. The van der Waals surface area contributed by atoms with Crippen LogP contribution >= 0.6 is 12.2 Å². The molecule has 0 aliphatic heterocycles. The molecule has 0 saturated heterocycles. The fraction of sp³-hybridized carbons (Fsp3) is 0.0909. The lowest BCUT2D eigenvalue weighted by atomic mass is 10.1. The Hall–Kier alpha value is -1.78. The highest BCUT2D eigenvalue weighted by molar-refractivity contribution is 7.78. The second-order valence-corrected chi connectivity index (χ2v) is 3.45. The lowest BCUT2D eigenvalue weighted by Gasteiger charge is -2.07. The molecule has 86 valence electrons. The molecule has 0 amide bonds. The van der Waals surface area contributed by atoms with Crippen molar-refractivity contribution in [2.24, 2.45) is 4.99 Å². The quantitative estimate of drug-likeness (QED) is 0.568. The molecule has 0 aliphatic carbocycles. The Bertz CT molecular complexity index is 616. The largest absolute Gasteiger partial charge is 0.416 e. The van der Waals surface area contributed by atoms with Crippen LogP contribution in [0.5, 0.6) is 0 Å². The van der Waals surface area contributed by atoms with E-state index in [1.54, 1.807) is 6.07 Å². The van der Waals surface area contributed by atoms with Crippen LogP contribution in [0.25, 0.3) is 10.9 Å². The van der Waals surface area contributed by atoms with Gasteiger partial charge in [-0.05, 0) is 30.4 Å². The van der Waals surface area contributed by atoms with Gasteiger partial charge in [-0.3, -0.25) is 4.98 Å². The van der Waals surface area contributed by atoms with Crippen molar-refractivity contribution >= 4 is 34.0 Å². The molecule has 0 saturated carbocycles. The van der Waals surface area contributed by atoms with Crippen molar-refractivity contribution in [3.8, 4) is 0 Å². The van der Waals surface area contributed by atoms with Gasteiger partial charge in [0.05, 0.1) is 21.9 Å². The predicted octanol–water partition coefficient (Wildman–Crippen LogP) is 3.99. The molecular weight excluding hydrogens is 249 g/mol. The van der Waals surface area contributed by atoms with Gasteiger partial charge in [0, 0.05) is 11.6 Å². The zero-order valence-electron chi connectivity index (χ0n) is 8.32. The Kier molecular flexibility index (Phi) is 2.92. The zero-order valence-corrected chi connectivity index (χ0v) is 9.14. The molecular formula is C11H5F3N2S. The van der Waals surface area contributed by atoms with E-state index in [4.69, 9.17) is 0 Å². The minimum atomic E-state index is -4.38. The van der Waals surface area contributed by atoms with E-state index in [0.717, 1.165) is 12.1 Å². The summed E-state index contributed by atoms with van der Waals surface area (Å²) in [5, 5.41) is 2.69. The van der Waals surface area contributed by atoms with E-state index in [0.29, 0.717) is 11.1 Å². The molecule has 0 radical (unpaired) electrons. The molecule has 0 spiro atoms. The maximum atomic E-state index is 12.5. The van der Waals surface area contributed by atoms with Gasteiger partial charge in [-0.25, -0.2) is 0 Å². The van der Waals surface area contributed by atoms with Crippen molar-refractivity contribution in [2.75, 3.05) is 0 Å². The van der Waals surface area contributed by atoms with Gasteiger partial charge in [0.2, 0.25) is 0 Å². The maximum Gasteiger partial charge on any atom is 0.416 e. The highest BCUT2D eigenvalue weighted by Gasteiger charge is 2.30. The Morgan fingerprint density at radius 1 is 1.24 bits per heavy atom. The van der Waals surface area contributed by atoms with Crippen molar-refractivity contribution in [3.63, 3.8) is 0 Å². The molecule has 6 heteroatoms. The Balaban J connectivity index is 2.69. The highest BCUT2D eigenvalue weighted by Crippen LogP contribution is 2.33. The molecule has 2 rings (SSSR count). The standard InChI is InChI=1S/C11H5F3N2S/c12-11(13,14)7-1-2-8-9(16-6-17)3-4-15-10(8)5-7/h1-5H. The number of aromatic nitrogens is 1. The minimum Gasteiger partial charge on any atom is -0.256 e. The summed E-state index contributed by atoms with van der Waals surface area (Å²) in [7, 11) is 0. The number of aliphatic imine (C=N–C) groups is 1. The summed E-state index contributed by atoms with van der Waals surface area (Å²) in [6.07, 6.45) is -2.99. The first kappa shape index (κ1) is 11.7. The van der Waals surface area contributed by atoms with Gasteiger partial charge >= 0.3 is 6.18 Å². The molecule has 0 unspecified atom stereocenters. The Morgan fingerprint density at radius 3 is 2.65 bits per heavy atom. The number of alkyl halides is 3. The fourth-order valence-electron chi connectivity index (χ4n) is 1.46. The first-order chi connectivity index (χ1) is 8.02. The second-order valence-electron chi connectivity index (χ2n) is 3.26. The van der Waals surface area contributed by atoms with Crippen LogP contribution < -0.4 is 0 Å². The van der Waals surface area contributed by atoms with Crippen LogP contribution in [0.4, 0.5) is 18.9 Å². The van der Waals surface area contributed by atoms with Crippen LogP contribution in [0.2, 0.25) is 0 Å². The molecule has 2 nitrogen and oxygen atoms in total. The lowest BCUT2D eigenvalue weighted by Crippen LogP contribution is -2.04. The lowest BCUT2D eigenvalue weighted by molar-refractivity contribution is -0.137. The van der Waals surface area contributed by atoms with Crippen LogP contribution in [0, 0.1) is 0 Å². The number of pyridine rings is 1. The number of halogens is 3. The van der Waals surface area contributed by atoms with Crippen molar-refractivity contribution in [3.05, 3.63) is 36.0 Å². The van der Waals surface area contributed by atoms with Crippen LogP contribution in [0.3, 0.4) is 0 Å². The Morgan fingerprint density at radius 2 is 2.00 bits per heavy atom. The predicted molar refractivity (Wildman–Crippen MR) is 61.4 cm³/mol. The monoisotopic (exact) mass is 254 g/mol. The SMILES string of the molecule is FC(F)(F)c1ccc2c(N=C=S)ccnc2c1. The smallest absolute Gasteiger partial charge is 0.256 e. The molecule has 17 heavy (non-hydrogen) atoms. The summed E-state index contributed by atoms with van der Waals surface area (Å²) in [5.41, 5.74) is -0.0500. The van der Waals surface area contributed by atoms with Crippen LogP contribution in [-0.4, -0.2) is 10.1 Å². The van der Waals surface area contributed by atoms with E-state index in [1.165, 1.54) is 12.3 Å². The summed E-state index contributed by atoms with van der Waals surface area (Å²) in [6.45, 7) is 0. The minimum absolute atomic E-state index is 0.228. The number of rotatable bonds is 1. The molecule has 2 aromatic rings. The first-order valence-corrected chi connectivity index (χ1v) is 4.97. The van der Waals surface area contributed by atoms with Gasteiger partial charge < -0.3 is 0 Å². The average Bonchev–Trinajstić information content (AvgIpc) is 2.28. The summed E-state index contributed by atoms with van der Waals surface area (Å²) in [6, 6.07) is 4.87. The van der Waals surface area contributed by atoms with E-state index in [-0.39, 0.29) is 5.52 Å². The molecule has 0 aliphatic rings. The number of nitrogens with zero attached hydrogens (tertiary/aromatic N) is 2. The molecule has 1 aromatic heterocycles. The molecule has 1 aromatic carbocycles. The normalized spacial score (nSPS) is 11.2. The van der Waals surface area contributed by atoms with Gasteiger partial charge in [-0.2, -0.15) is 18.2 Å². The van der Waals surface area contributed by atoms with E-state index in [1.807, 2.05) is 0 Å². The molecule has 0 bridgehead atoms. The first-order valence-electron chi connectivity index (χ1n) is 4.56. The van der Waals surface area contributed by atoms with Crippen molar-refractivity contribution in [2.45, 2.75) is 6.18 Å². The number of isothiocyanates is 1. The van der Waals surface area contributed by atoms with Crippen LogP contribution in [0.15, 0.2) is 35.5 Å². The Labute approximate surface area is 99.8 Å². The summed E-state index contributed by atoms with van der Waals surface area (Å²) >= 11 is 4.46. The van der Waals surface area contributed by atoms with Gasteiger partial charge in [0.15, 0.2) is 0 Å². The number of benzene rings is 1. The summed E-state index contributed by atoms with van der Waals surface area (Å²) in [5.74, 6) is 0. The van der Waals surface area contributed by atoms with Crippen molar-refractivity contribution in [1.29, 1.82) is 0 Å². The molecule has 0 fully saturated rings. The van der Waals surface area contributed by atoms with E-state index in [9.17, 15) is 13.2 Å². The van der Waals surface area contributed by atoms with Gasteiger partial charge in [-0.15, -0.1) is 0 Å². The van der Waals surface area contributed by atoms with Crippen molar-refractivity contribution < 1.29 is 13.2 Å². The molecule has 1 heterocycles. The fourth-order valence-corrected chi connectivity index (χ4v) is 1.55. The highest BCUT2D eigenvalue weighted by atomic mass is 32.1. The number of thiocarbonyl (C=S) groups is 1. The van der Waals surface area contributed by atoms with Gasteiger partial charge in [-0.1, -0.05) is 6.07 Å². The molecule has 0 N–H and O–H groups in total. The third-order valence-corrected chi connectivity index (χ3v) is 2.30. The van der Waals surface area contributed by atoms with Crippen LogP contribution in [0.1, 0.15) is 5.56 Å². The number of hydrogen-bond donors (Lipinski definition) is 0. The van der Waals surface area contributed by atoms with E-state index < -0.39 is 11.7 Å². The third-order valence-electron chi connectivity index (χ3n) is 2.21. The van der Waals surface area contributed by atoms with Crippen LogP contribution in [-0.2, 0) is 6.18 Å². The maximum absolute atomic E-state index is 12.5.